The second-order valence-electron chi connectivity index (χ2n) is 7.61. The highest BCUT2D eigenvalue weighted by molar-refractivity contribution is 7.99. The van der Waals surface area contributed by atoms with Gasteiger partial charge in [-0.3, -0.25) is 0 Å². The van der Waals surface area contributed by atoms with E-state index < -0.39 is 0 Å². The number of aromatic nitrogens is 4. The molecule has 0 bridgehead atoms. The Morgan fingerprint density at radius 1 is 0.697 bits per heavy atom. The van der Waals surface area contributed by atoms with Gasteiger partial charge in [0.05, 0.1) is 0 Å². The maximum Gasteiger partial charge on any atom is 0.161 e. The van der Waals surface area contributed by atoms with Gasteiger partial charge in [0.1, 0.15) is 11.3 Å². The van der Waals surface area contributed by atoms with Gasteiger partial charge in [0.15, 0.2) is 5.82 Å². The monoisotopic (exact) mass is 445 g/mol. The van der Waals surface area contributed by atoms with Crippen molar-refractivity contribution in [3.8, 4) is 11.3 Å². The fraction of sp³-hybridized carbons (Fsp3) is 0. The molecular formula is C27H19N5S. The van der Waals surface area contributed by atoms with Crippen molar-refractivity contribution in [3.63, 3.8) is 0 Å². The van der Waals surface area contributed by atoms with Crippen LogP contribution >= 0.6 is 11.8 Å². The van der Waals surface area contributed by atoms with Crippen molar-refractivity contribution in [1.82, 2.24) is 20.2 Å². The van der Waals surface area contributed by atoms with E-state index in [-0.39, 0.29) is 0 Å². The van der Waals surface area contributed by atoms with Gasteiger partial charge in [-0.2, -0.15) is 0 Å². The van der Waals surface area contributed by atoms with Crippen LogP contribution in [0, 0.1) is 0 Å². The van der Waals surface area contributed by atoms with Crippen molar-refractivity contribution in [2.24, 2.45) is 0 Å². The molecule has 2 N–H and O–H groups in total. The van der Waals surface area contributed by atoms with Gasteiger partial charge in [-0.25, -0.2) is 4.98 Å². The number of anilines is 2. The molecule has 0 saturated carbocycles. The molecule has 0 fully saturated rings. The lowest BCUT2D eigenvalue weighted by molar-refractivity contribution is 1.06. The molecule has 3 aromatic heterocycles. The van der Waals surface area contributed by atoms with Crippen LogP contribution in [0.1, 0.15) is 0 Å². The van der Waals surface area contributed by atoms with Crippen molar-refractivity contribution < 1.29 is 0 Å². The Kier molecular flexibility index (Phi) is 4.97. The van der Waals surface area contributed by atoms with Gasteiger partial charge in [-0.1, -0.05) is 66.4 Å². The molecule has 0 aliphatic rings. The molecule has 0 aliphatic heterocycles. The highest BCUT2D eigenvalue weighted by Gasteiger charge is 2.11. The molecule has 3 heterocycles. The van der Waals surface area contributed by atoms with Gasteiger partial charge < -0.3 is 10.3 Å². The Balaban J connectivity index is 1.28. The number of aromatic amines is 1. The summed E-state index contributed by atoms with van der Waals surface area (Å²) in [6, 6.07) is 30.9. The number of nitrogens with one attached hydrogen (secondary N) is 2. The van der Waals surface area contributed by atoms with Crippen molar-refractivity contribution in [2.75, 3.05) is 5.32 Å². The SMILES string of the molecule is c1ccc(-c2nnc(Nc3ccc(Sc4ccnc5[nH]ccc45)cc3)c3ccccc23)cc1. The van der Waals surface area contributed by atoms with Gasteiger partial charge in [-0.05, 0) is 36.4 Å². The van der Waals surface area contributed by atoms with E-state index in [2.05, 4.69) is 80.1 Å². The first-order chi connectivity index (χ1) is 16.3. The van der Waals surface area contributed by atoms with Crippen LogP contribution in [-0.2, 0) is 0 Å². The third-order valence-corrected chi connectivity index (χ3v) is 6.58. The molecule has 33 heavy (non-hydrogen) atoms. The summed E-state index contributed by atoms with van der Waals surface area (Å²) in [4.78, 5) is 9.86. The molecule has 5 nitrogen and oxygen atoms in total. The average Bonchev–Trinajstić information content (AvgIpc) is 3.36. The van der Waals surface area contributed by atoms with Crippen LogP contribution in [0.15, 0.2) is 113 Å². The lowest BCUT2D eigenvalue weighted by atomic mass is 10.0. The molecule has 0 aliphatic carbocycles. The molecular weight excluding hydrogens is 426 g/mol. The fourth-order valence-electron chi connectivity index (χ4n) is 3.90. The fourth-order valence-corrected chi connectivity index (χ4v) is 4.83. The van der Waals surface area contributed by atoms with Gasteiger partial charge in [0.25, 0.3) is 0 Å². The van der Waals surface area contributed by atoms with Gasteiger partial charge in [-0.15, -0.1) is 10.2 Å². The summed E-state index contributed by atoms with van der Waals surface area (Å²) in [5, 5.41) is 15.7. The van der Waals surface area contributed by atoms with Crippen LogP contribution in [0.25, 0.3) is 33.1 Å². The molecule has 3 aromatic carbocycles. The summed E-state index contributed by atoms with van der Waals surface area (Å²) in [5.41, 5.74) is 3.81. The lowest BCUT2D eigenvalue weighted by Crippen LogP contribution is -1.99. The van der Waals surface area contributed by atoms with E-state index in [4.69, 9.17) is 0 Å². The van der Waals surface area contributed by atoms with E-state index in [1.807, 2.05) is 48.8 Å². The number of pyridine rings is 1. The number of fused-ring (bicyclic) bond motifs is 2. The summed E-state index contributed by atoms with van der Waals surface area (Å²) in [6.07, 6.45) is 3.75. The molecule has 6 heteroatoms. The number of rotatable bonds is 5. The van der Waals surface area contributed by atoms with Crippen LogP contribution in [0.3, 0.4) is 0 Å². The second kappa shape index (κ2) is 8.41. The predicted molar refractivity (Wildman–Crippen MR) is 135 cm³/mol. The third kappa shape index (κ3) is 3.81. The van der Waals surface area contributed by atoms with Crippen LogP contribution < -0.4 is 5.32 Å². The number of nitrogens with zero attached hydrogens (tertiary/aromatic N) is 3. The van der Waals surface area contributed by atoms with Crippen LogP contribution in [-0.4, -0.2) is 20.2 Å². The Hall–Kier alpha value is -4.16. The minimum absolute atomic E-state index is 0.744. The normalized spacial score (nSPS) is 11.2. The van der Waals surface area contributed by atoms with E-state index in [1.165, 1.54) is 4.90 Å². The van der Waals surface area contributed by atoms with Crippen LogP contribution in [0.2, 0.25) is 0 Å². The summed E-state index contributed by atoms with van der Waals surface area (Å²) in [5.74, 6) is 0.744. The van der Waals surface area contributed by atoms with Crippen LogP contribution in [0.4, 0.5) is 11.5 Å². The molecule has 158 valence electrons. The molecule has 6 rings (SSSR count). The highest BCUT2D eigenvalue weighted by Crippen LogP contribution is 2.34. The summed E-state index contributed by atoms with van der Waals surface area (Å²) < 4.78 is 0. The zero-order chi connectivity index (χ0) is 22.0. The van der Waals surface area contributed by atoms with Crippen molar-refractivity contribution in [3.05, 3.63) is 103 Å². The molecule has 0 unspecified atom stereocenters. The third-order valence-electron chi connectivity index (χ3n) is 5.50. The van der Waals surface area contributed by atoms with E-state index >= 15 is 0 Å². The molecule has 0 amide bonds. The lowest BCUT2D eigenvalue weighted by Gasteiger charge is -2.12. The number of hydrogen-bond acceptors (Lipinski definition) is 5. The maximum absolute atomic E-state index is 4.54. The Labute approximate surface area is 194 Å². The quantitative estimate of drug-likeness (QED) is 0.297. The highest BCUT2D eigenvalue weighted by atomic mass is 32.2. The Bertz CT molecular complexity index is 1560. The summed E-state index contributed by atoms with van der Waals surface area (Å²) >= 11 is 1.72. The largest absolute Gasteiger partial charge is 0.346 e. The zero-order valence-electron chi connectivity index (χ0n) is 17.6. The van der Waals surface area contributed by atoms with Crippen molar-refractivity contribution >= 4 is 45.1 Å². The standard InChI is InChI=1S/C27H19N5S/c1-2-6-18(7-3-1)25-21-8-4-5-9-22(21)27(32-31-25)30-19-10-12-20(13-11-19)33-24-15-17-29-26-23(24)14-16-28-26/h1-17H,(H,28,29)(H,30,32). The molecule has 0 spiro atoms. The van der Waals surface area contributed by atoms with Crippen molar-refractivity contribution in [1.29, 1.82) is 0 Å². The first-order valence-electron chi connectivity index (χ1n) is 10.6. The molecule has 0 radical (unpaired) electrons. The molecule has 0 saturated heterocycles. The topological polar surface area (TPSA) is 66.5 Å². The van der Waals surface area contributed by atoms with E-state index in [0.717, 1.165) is 49.5 Å². The zero-order valence-corrected chi connectivity index (χ0v) is 18.4. The minimum atomic E-state index is 0.744. The smallest absolute Gasteiger partial charge is 0.161 e. The van der Waals surface area contributed by atoms with E-state index in [0.29, 0.717) is 0 Å². The van der Waals surface area contributed by atoms with E-state index in [1.54, 1.807) is 11.8 Å². The van der Waals surface area contributed by atoms with E-state index in [9.17, 15) is 0 Å². The van der Waals surface area contributed by atoms with Gasteiger partial charge in [0.2, 0.25) is 0 Å². The number of hydrogen-bond donors (Lipinski definition) is 2. The Morgan fingerprint density at radius 3 is 2.33 bits per heavy atom. The minimum Gasteiger partial charge on any atom is -0.346 e. The second-order valence-corrected chi connectivity index (χ2v) is 8.72. The molecule has 0 atom stereocenters. The predicted octanol–water partition coefficient (Wildman–Crippen LogP) is 7.07. The summed E-state index contributed by atoms with van der Waals surface area (Å²) in [7, 11) is 0. The van der Waals surface area contributed by atoms with Gasteiger partial charge >= 0.3 is 0 Å². The number of benzene rings is 3. The Morgan fingerprint density at radius 2 is 1.48 bits per heavy atom. The average molecular weight is 446 g/mol. The first-order valence-corrected chi connectivity index (χ1v) is 11.4. The van der Waals surface area contributed by atoms with Crippen molar-refractivity contribution in [2.45, 2.75) is 9.79 Å². The van der Waals surface area contributed by atoms with Crippen LogP contribution in [0.5, 0.6) is 0 Å². The first kappa shape index (κ1) is 19.5. The number of H-pyrrole nitrogens is 1. The maximum atomic E-state index is 4.54. The molecule has 6 aromatic rings. The summed E-state index contributed by atoms with van der Waals surface area (Å²) in [6.45, 7) is 0. The van der Waals surface area contributed by atoms with Gasteiger partial charge in [0, 0.05) is 49.6 Å².